The number of pyridine rings is 1. The van der Waals surface area contributed by atoms with Gasteiger partial charge in [-0.2, -0.15) is 0 Å². The summed E-state index contributed by atoms with van der Waals surface area (Å²) in [4.78, 5) is 4.17. The molecule has 1 unspecified atom stereocenters. The van der Waals surface area contributed by atoms with Crippen molar-refractivity contribution >= 4 is 0 Å². The van der Waals surface area contributed by atoms with E-state index in [0.29, 0.717) is 0 Å². The molecule has 3 heteroatoms. The first-order chi connectivity index (χ1) is 10.2. The maximum Gasteiger partial charge on any atom is 0.119 e. The van der Waals surface area contributed by atoms with Crippen molar-refractivity contribution < 1.29 is 4.74 Å². The van der Waals surface area contributed by atoms with Crippen LogP contribution in [0.5, 0.6) is 5.75 Å². The predicted molar refractivity (Wildman–Crippen MR) is 86.4 cm³/mol. The molecule has 1 heterocycles. The monoisotopic (exact) mass is 284 g/mol. The molecule has 0 amide bonds. The van der Waals surface area contributed by atoms with Crippen molar-refractivity contribution in [2.45, 2.75) is 39.3 Å². The van der Waals surface area contributed by atoms with Gasteiger partial charge in [-0.05, 0) is 49.6 Å². The summed E-state index contributed by atoms with van der Waals surface area (Å²) in [6, 6.07) is 12.9. The van der Waals surface area contributed by atoms with Gasteiger partial charge in [0.25, 0.3) is 0 Å². The van der Waals surface area contributed by atoms with Crippen LogP contribution in [0.25, 0.3) is 0 Å². The Morgan fingerprint density at radius 1 is 1.05 bits per heavy atom. The van der Waals surface area contributed by atoms with Crippen LogP contribution in [-0.4, -0.2) is 11.6 Å². The molecule has 0 aliphatic carbocycles. The molecule has 0 fully saturated rings. The molecule has 0 saturated heterocycles. The van der Waals surface area contributed by atoms with Crippen LogP contribution in [0.2, 0.25) is 0 Å². The number of ether oxygens (including phenoxy) is 1. The summed E-state index contributed by atoms with van der Waals surface area (Å²) in [5.41, 5.74) is 2.46. The third kappa shape index (κ3) is 4.57. The lowest BCUT2D eigenvalue weighted by atomic mass is 10.1. The summed E-state index contributed by atoms with van der Waals surface area (Å²) in [5, 5.41) is 3.59. The number of rotatable bonds is 7. The Labute approximate surface area is 127 Å². The van der Waals surface area contributed by atoms with Gasteiger partial charge in [0.05, 0.1) is 6.61 Å². The molecule has 2 atom stereocenters. The first-order valence-electron chi connectivity index (χ1n) is 7.59. The fourth-order valence-electron chi connectivity index (χ4n) is 2.27. The summed E-state index contributed by atoms with van der Waals surface area (Å²) in [5.74, 6) is 0.938. The molecule has 0 aliphatic rings. The fraction of sp³-hybridized carbons (Fsp3) is 0.389. The van der Waals surface area contributed by atoms with Crippen molar-refractivity contribution in [1.29, 1.82) is 0 Å². The van der Waals surface area contributed by atoms with E-state index in [0.717, 1.165) is 18.8 Å². The summed E-state index contributed by atoms with van der Waals surface area (Å²) in [6.07, 6.45) is 4.74. The number of hydrogen-bond donors (Lipinski definition) is 1. The van der Waals surface area contributed by atoms with Gasteiger partial charge in [-0.15, -0.1) is 0 Å². The number of nitrogens with one attached hydrogen (secondary N) is 1. The summed E-state index contributed by atoms with van der Waals surface area (Å²) < 4.78 is 5.61. The van der Waals surface area contributed by atoms with Crippen molar-refractivity contribution in [3.63, 3.8) is 0 Å². The molecular weight excluding hydrogens is 260 g/mol. The highest BCUT2D eigenvalue weighted by molar-refractivity contribution is 5.29. The van der Waals surface area contributed by atoms with Gasteiger partial charge in [-0.1, -0.05) is 25.1 Å². The van der Waals surface area contributed by atoms with Crippen molar-refractivity contribution in [3.05, 3.63) is 59.9 Å². The van der Waals surface area contributed by atoms with E-state index in [1.807, 2.05) is 24.4 Å². The van der Waals surface area contributed by atoms with E-state index >= 15 is 0 Å². The number of nitrogens with zero attached hydrogens (tertiary/aromatic N) is 1. The van der Waals surface area contributed by atoms with Crippen LogP contribution in [0, 0.1) is 0 Å². The second kappa shape index (κ2) is 7.79. The average molecular weight is 284 g/mol. The van der Waals surface area contributed by atoms with Gasteiger partial charge in [-0.3, -0.25) is 4.98 Å². The lowest BCUT2D eigenvalue weighted by Crippen LogP contribution is -2.22. The predicted octanol–water partition coefficient (Wildman–Crippen LogP) is 4.28. The van der Waals surface area contributed by atoms with Gasteiger partial charge in [0.2, 0.25) is 0 Å². The molecule has 0 spiro atoms. The summed E-state index contributed by atoms with van der Waals surface area (Å²) >= 11 is 0. The SMILES string of the molecule is CCCOc1ccc(C(C)N[C@H](C)c2cccnc2)cc1. The van der Waals surface area contributed by atoms with Crippen LogP contribution in [-0.2, 0) is 0 Å². The lowest BCUT2D eigenvalue weighted by Gasteiger charge is -2.20. The van der Waals surface area contributed by atoms with E-state index in [-0.39, 0.29) is 12.1 Å². The molecular formula is C18H24N2O. The second-order valence-electron chi connectivity index (χ2n) is 5.31. The minimum Gasteiger partial charge on any atom is -0.494 e. The summed E-state index contributed by atoms with van der Waals surface area (Å²) in [6.45, 7) is 7.21. The Kier molecular flexibility index (Phi) is 5.76. The van der Waals surface area contributed by atoms with E-state index in [1.165, 1.54) is 11.1 Å². The number of aromatic nitrogens is 1. The summed E-state index contributed by atoms with van der Waals surface area (Å²) in [7, 11) is 0. The Morgan fingerprint density at radius 2 is 1.76 bits per heavy atom. The molecule has 0 aliphatic heterocycles. The zero-order valence-electron chi connectivity index (χ0n) is 13.0. The van der Waals surface area contributed by atoms with Gasteiger partial charge in [0, 0.05) is 24.5 Å². The molecule has 0 bridgehead atoms. The first-order valence-corrected chi connectivity index (χ1v) is 7.59. The topological polar surface area (TPSA) is 34.1 Å². The smallest absolute Gasteiger partial charge is 0.119 e. The molecule has 21 heavy (non-hydrogen) atoms. The van der Waals surface area contributed by atoms with Crippen molar-refractivity contribution in [2.75, 3.05) is 6.61 Å². The zero-order chi connectivity index (χ0) is 15.1. The van der Waals surface area contributed by atoms with Crippen molar-refractivity contribution in [2.24, 2.45) is 0 Å². The van der Waals surface area contributed by atoms with Gasteiger partial charge < -0.3 is 10.1 Å². The van der Waals surface area contributed by atoms with E-state index < -0.39 is 0 Å². The van der Waals surface area contributed by atoms with E-state index in [1.54, 1.807) is 6.20 Å². The second-order valence-corrected chi connectivity index (χ2v) is 5.31. The molecule has 1 aromatic heterocycles. The van der Waals surface area contributed by atoms with Crippen molar-refractivity contribution in [3.8, 4) is 5.75 Å². The molecule has 0 radical (unpaired) electrons. The van der Waals surface area contributed by atoms with Gasteiger partial charge in [-0.25, -0.2) is 0 Å². The largest absolute Gasteiger partial charge is 0.494 e. The Balaban J connectivity index is 1.95. The van der Waals surface area contributed by atoms with E-state index in [9.17, 15) is 0 Å². The minimum atomic E-state index is 0.268. The van der Waals surface area contributed by atoms with Crippen molar-refractivity contribution in [1.82, 2.24) is 10.3 Å². The number of hydrogen-bond acceptors (Lipinski definition) is 3. The van der Waals surface area contributed by atoms with Gasteiger partial charge >= 0.3 is 0 Å². The van der Waals surface area contributed by atoms with E-state index in [4.69, 9.17) is 4.74 Å². The van der Waals surface area contributed by atoms with Gasteiger partial charge in [0.1, 0.15) is 5.75 Å². The quantitative estimate of drug-likeness (QED) is 0.824. The third-order valence-electron chi connectivity index (χ3n) is 3.54. The lowest BCUT2D eigenvalue weighted by molar-refractivity contribution is 0.317. The molecule has 2 rings (SSSR count). The minimum absolute atomic E-state index is 0.268. The molecule has 0 saturated carbocycles. The Bertz CT molecular complexity index is 525. The van der Waals surface area contributed by atoms with Crippen LogP contribution >= 0.6 is 0 Å². The molecule has 112 valence electrons. The highest BCUT2D eigenvalue weighted by Crippen LogP contribution is 2.21. The van der Waals surface area contributed by atoms with Crippen LogP contribution in [0.1, 0.15) is 50.4 Å². The normalized spacial score (nSPS) is 13.7. The fourth-order valence-corrected chi connectivity index (χ4v) is 2.27. The Hall–Kier alpha value is -1.87. The molecule has 1 N–H and O–H groups in total. The Morgan fingerprint density at radius 3 is 2.38 bits per heavy atom. The van der Waals surface area contributed by atoms with Gasteiger partial charge in [0.15, 0.2) is 0 Å². The highest BCUT2D eigenvalue weighted by atomic mass is 16.5. The highest BCUT2D eigenvalue weighted by Gasteiger charge is 2.11. The molecule has 2 aromatic rings. The van der Waals surface area contributed by atoms with Crippen LogP contribution < -0.4 is 10.1 Å². The maximum absolute atomic E-state index is 5.61. The first kappa shape index (κ1) is 15.5. The van der Waals surface area contributed by atoms with Crippen LogP contribution in [0.4, 0.5) is 0 Å². The maximum atomic E-state index is 5.61. The van der Waals surface area contributed by atoms with E-state index in [2.05, 4.69) is 49.3 Å². The zero-order valence-corrected chi connectivity index (χ0v) is 13.0. The van der Waals surface area contributed by atoms with Crippen LogP contribution in [0.15, 0.2) is 48.8 Å². The molecule has 3 nitrogen and oxygen atoms in total. The standard InChI is InChI=1S/C18H24N2O/c1-4-12-21-18-9-7-16(8-10-18)14(2)20-15(3)17-6-5-11-19-13-17/h5-11,13-15,20H,4,12H2,1-3H3/t14?,15-/m1/s1. The molecule has 1 aromatic carbocycles. The van der Waals surface area contributed by atoms with Crippen LogP contribution in [0.3, 0.4) is 0 Å². The number of benzene rings is 1. The average Bonchev–Trinajstić information content (AvgIpc) is 2.54. The third-order valence-corrected chi connectivity index (χ3v) is 3.54.